The predicted octanol–water partition coefficient (Wildman–Crippen LogP) is 2.15. The minimum atomic E-state index is 0.00983. The third kappa shape index (κ3) is 5.12. The Labute approximate surface area is 129 Å². The molecule has 0 aliphatic rings. The Bertz CT molecular complexity index is 610. The fraction of sp³-hybridized carbons (Fsp3) is 0.375. The fourth-order valence-corrected chi connectivity index (χ4v) is 2.02. The molecular formula is C16H21N3O3. The zero-order chi connectivity index (χ0) is 15.8. The molecule has 118 valence electrons. The highest BCUT2D eigenvalue weighted by Gasteiger charge is 2.03. The number of hydrogen-bond donors (Lipinski definition) is 2. The number of benzene rings is 1. The van der Waals surface area contributed by atoms with Crippen molar-refractivity contribution in [2.75, 3.05) is 25.5 Å². The summed E-state index contributed by atoms with van der Waals surface area (Å²) >= 11 is 0. The molecule has 2 aromatic rings. The van der Waals surface area contributed by atoms with Gasteiger partial charge in [0.2, 0.25) is 5.91 Å². The second-order valence-electron chi connectivity index (χ2n) is 4.95. The molecule has 1 aromatic carbocycles. The Hall–Kier alpha value is -2.50. The minimum absolute atomic E-state index is 0.00983. The maximum Gasteiger partial charge on any atom is 0.221 e. The van der Waals surface area contributed by atoms with E-state index < -0.39 is 0 Å². The third-order valence-corrected chi connectivity index (χ3v) is 3.16. The van der Waals surface area contributed by atoms with Crippen LogP contribution in [0.2, 0.25) is 0 Å². The summed E-state index contributed by atoms with van der Waals surface area (Å²) < 4.78 is 10.1. The van der Waals surface area contributed by atoms with Gasteiger partial charge in [0.05, 0.1) is 7.11 Å². The highest BCUT2D eigenvalue weighted by Crippen LogP contribution is 2.12. The van der Waals surface area contributed by atoms with E-state index in [-0.39, 0.29) is 5.91 Å². The number of carbonyl (C=O) groups excluding carboxylic acids is 1. The number of anilines is 1. The summed E-state index contributed by atoms with van der Waals surface area (Å²) in [6.45, 7) is 2.95. The Morgan fingerprint density at radius 1 is 1.32 bits per heavy atom. The van der Waals surface area contributed by atoms with Crippen LogP contribution in [0.15, 0.2) is 34.9 Å². The van der Waals surface area contributed by atoms with Crippen molar-refractivity contribution in [3.63, 3.8) is 0 Å². The van der Waals surface area contributed by atoms with E-state index >= 15 is 0 Å². The lowest BCUT2D eigenvalue weighted by Gasteiger charge is -2.07. The van der Waals surface area contributed by atoms with Crippen LogP contribution in [0.25, 0.3) is 0 Å². The van der Waals surface area contributed by atoms with Gasteiger partial charge in [0.1, 0.15) is 11.5 Å². The largest absolute Gasteiger partial charge is 0.497 e. The van der Waals surface area contributed by atoms with Gasteiger partial charge in [-0.05, 0) is 31.0 Å². The van der Waals surface area contributed by atoms with Crippen molar-refractivity contribution in [3.8, 4) is 5.75 Å². The summed E-state index contributed by atoms with van der Waals surface area (Å²) in [6, 6.07) is 9.63. The Morgan fingerprint density at radius 3 is 2.91 bits per heavy atom. The number of carbonyl (C=O) groups is 1. The van der Waals surface area contributed by atoms with Crippen molar-refractivity contribution in [2.45, 2.75) is 19.8 Å². The van der Waals surface area contributed by atoms with Crippen molar-refractivity contribution in [1.82, 2.24) is 10.5 Å². The van der Waals surface area contributed by atoms with Gasteiger partial charge >= 0.3 is 0 Å². The minimum Gasteiger partial charge on any atom is -0.497 e. The predicted molar refractivity (Wildman–Crippen MR) is 84.1 cm³/mol. The number of rotatable bonds is 8. The third-order valence-electron chi connectivity index (χ3n) is 3.16. The first kappa shape index (κ1) is 15.9. The van der Waals surface area contributed by atoms with Gasteiger partial charge in [-0.1, -0.05) is 17.3 Å². The summed E-state index contributed by atoms with van der Waals surface area (Å²) in [7, 11) is 1.64. The van der Waals surface area contributed by atoms with Gasteiger partial charge in [-0.25, -0.2) is 0 Å². The lowest BCUT2D eigenvalue weighted by atomic mass is 10.1. The number of ether oxygens (including phenoxy) is 1. The van der Waals surface area contributed by atoms with Gasteiger partial charge in [-0.15, -0.1) is 0 Å². The molecule has 6 heteroatoms. The second kappa shape index (κ2) is 8.07. The van der Waals surface area contributed by atoms with Crippen molar-refractivity contribution >= 4 is 11.7 Å². The number of hydrogen-bond acceptors (Lipinski definition) is 5. The maximum atomic E-state index is 11.7. The molecule has 0 saturated carbocycles. The standard InChI is InChI=1S/C16H21N3O3/c1-12-10-15(19-22-12)17-9-7-16(20)18-8-6-13-4-3-5-14(11-13)21-2/h3-5,10-11H,6-9H2,1-2H3,(H,17,19)(H,18,20). The lowest BCUT2D eigenvalue weighted by molar-refractivity contribution is -0.120. The van der Waals surface area contributed by atoms with Crippen LogP contribution in [0.3, 0.4) is 0 Å². The first-order valence-corrected chi connectivity index (χ1v) is 7.24. The van der Waals surface area contributed by atoms with Crippen LogP contribution in [0, 0.1) is 6.92 Å². The van der Waals surface area contributed by atoms with Gasteiger partial charge in [-0.2, -0.15) is 0 Å². The van der Waals surface area contributed by atoms with Crippen LogP contribution < -0.4 is 15.4 Å². The highest BCUT2D eigenvalue weighted by molar-refractivity contribution is 5.76. The average molecular weight is 303 g/mol. The van der Waals surface area contributed by atoms with E-state index in [1.165, 1.54) is 0 Å². The summed E-state index contributed by atoms with van der Waals surface area (Å²) in [6.07, 6.45) is 1.17. The molecule has 2 N–H and O–H groups in total. The van der Waals surface area contributed by atoms with Gasteiger partial charge in [-0.3, -0.25) is 4.79 Å². The van der Waals surface area contributed by atoms with Crippen molar-refractivity contribution in [1.29, 1.82) is 0 Å². The topological polar surface area (TPSA) is 76.4 Å². The van der Waals surface area contributed by atoms with E-state index in [1.54, 1.807) is 13.2 Å². The molecule has 1 heterocycles. The van der Waals surface area contributed by atoms with Crippen molar-refractivity contribution < 1.29 is 14.1 Å². The number of aryl methyl sites for hydroxylation is 1. The van der Waals surface area contributed by atoms with Crippen LogP contribution in [0.1, 0.15) is 17.7 Å². The molecule has 2 rings (SSSR count). The SMILES string of the molecule is COc1cccc(CCNC(=O)CCNc2cc(C)on2)c1. The number of methoxy groups -OCH3 is 1. The van der Waals surface area contributed by atoms with Crippen LogP contribution in [0.4, 0.5) is 5.82 Å². The van der Waals surface area contributed by atoms with E-state index in [2.05, 4.69) is 15.8 Å². The molecule has 0 fully saturated rings. The fourth-order valence-electron chi connectivity index (χ4n) is 2.02. The molecule has 0 aliphatic heterocycles. The Balaban J connectivity index is 1.63. The zero-order valence-electron chi connectivity index (χ0n) is 12.9. The monoisotopic (exact) mass is 303 g/mol. The molecule has 0 saturated heterocycles. The molecule has 0 aliphatic carbocycles. The molecule has 1 aromatic heterocycles. The first-order chi connectivity index (χ1) is 10.7. The van der Waals surface area contributed by atoms with Crippen LogP contribution in [0.5, 0.6) is 5.75 Å². The summed E-state index contributed by atoms with van der Waals surface area (Å²) in [4.78, 5) is 11.7. The van der Waals surface area contributed by atoms with E-state index in [9.17, 15) is 4.79 Å². The molecule has 1 amide bonds. The Morgan fingerprint density at radius 2 is 2.18 bits per heavy atom. The van der Waals surface area contributed by atoms with Crippen LogP contribution in [-0.2, 0) is 11.2 Å². The smallest absolute Gasteiger partial charge is 0.221 e. The summed E-state index contributed by atoms with van der Waals surface area (Å²) in [5.41, 5.74) is 1.14. The van der Waals surface area contributed by atoms with Gasteiger partial charge in [0.25, 0.3) is 0 Å². The van der Waals surface area contributed by atoms with E-state index in [0.717, 1.165) is 23.5 Å². The number of nitrogens with one attached hydrogen (secondary N) is 2. The van der Waals surface area contributed by atoms with Crippen molar-refractivity contribution in [2.24, 2.45) is 0 Å². The van der Waals surface area contributed by atoms with Gasteiger partial charge in [0, 0.05) is 25.6 Å². The van der Waals surface area contributed by atoms with Gasteiger partial charge in [0.15, 0.2) is 5.82 Å². The molecule has 0 radical (unpaired) electrons. The quantitative estimate of drug-likeness (QED) is 0.781. The average Bonchev–Trinajstić information content (AvgIpc) is 2.93. The normalized spacial score (nSPS) is 10.3. The molecule has 0 spiro atoms. The number of aromatic nitrogens is 1. The van der Waals surface area contributed by atoms with Crippen molar-refractivity contribution in [3.05, 3.63) is 41.7 Å². The highest BCUT2D eigenvalue weighted by atomic mass is 16.5. The number of amides is 1. The molecule has 0 bridgehead atoms. The summed E-state index contributed by atoms with van der Waals surface area (Å²) in [5.74, 6) is 2.23. The number of nitrogens with zero attached hydrogens (tertiary/aromatic N) is 1. The first-order valence-electron chi connectivity index (χ1n) is 7.24. The van der Waals surface area contributed by atoms with Gasteiger partial charge < -0.3 is 19.9 Å². The lowest BCUT2D eigenvalue weighted by Crippen LogP contribution is -2.27. The summed E-state index contributed by atoms with van der Waals surface area (Å²) in [5, 5.41) is 9.73. The maximum absolute atomic E-state index is 11.7. The Kier molecular flexibility index (Phi) is 5.82. The van der Waals surface area contributed by atoms with Crippen LogP contribution >= 0.6 is 0 Å². The molecule has 0 unspecified atom stereocenters. The zero-order valence-corrected chi connectivity index (χ0v) is 12.9. The molecule has 22 heavy (non-hydrogen) atoms. The molecule has 6 nitrogen and oxygen atoms in total. The second-order valence-corrected chi connectivity index (χ2v) is 4.95. The van der Waals surface area contributed by atoms with Crippen LogP contribution in [-0.4, -0.2) is 31.3 Å². The van der Waals surface area contributed by atoms with E-state index in [4.69, 9.17) is 9.26 Å². The molecular weight excluding hydrogens is 282 g/mol. The molecule has 0 atom stereocenters. The van der Waals surface area contributed by atoms with E-state index in [0.29, 0.717) is 25.3 Å². The van der Waals surface area contributed by atoms with E-state index in [1.807, 2.05) is 31.2 Å².